The van der Waals surface area contributed by atoms with E-state index < -0.39 is 5.91 Å². The van der Waals surface area contributed by atoms with Gasteiger partial charge in [0.1, 0.15) is 5.82 Å². The first-order chi connectivity index (χ1) is 13.1. The molecule has 27 heavy (non-hydrogen) atoms. The third-order valence-corrected chi connectivity index (χ3v) is 5.29. The van der Waals surface area contributed by atoms with Gasteiger partial charge in [0.15, 0.2) is 0 Å². The number of hydrogen-bond acceptors (Lipinski definition) is 5. The summed E-state index contributed by atoms with van der Waals surface area (Å²) in [6.45, 7) is 6.63. The van der Waals surface area contributed by atoms with Crippen LogP contribution in [0.15, 0.2) is 18.3 Å². The molecule has 0 spiro atoms. The van der Waals surface area contributed by atoms with E-state index in [-0.39, 0.29) is 6.03 Å². The first kappa shape index (κ1) is 19.4. The number of nitrogens with zero attached hydrogens (tertiary/aromatic N) is 4. The maximum atomic E-state index is 12.4. The van der Waals surface area contributed by atoms with Gasteiger partial charge in [-0.1, -0.05) is 6.42 Å². The molecule has 3 heterocycles. The van der Waals surface area contributed by atoms with Crippen LogP contribution < -0.4 is 16.0 Å². The van der Waals surface area contributed by atoms with Crippen molar-refractivity contribution in [1.82, 2.24) is 20.1 Å². The van der Waals surface area contributed by atoms with Gasteiger partial charge in [-0.3, -0.25) is 4.79 Å². The second kappa shape index (κ2) is 9.55. The van der Waals surface area contributed by atoms with E-state index in [0.717, 1.165) is 13.0 Å². The summed E-state index contributed by atoms with van der Waals surface area (Å²) in [5.74, 6) is 0.124. The number of rotatable bonds is 6. The molecular weight excluding hydrogens is 344 g/mol. The maximum Gasteiger partial charge on any atom is 0.317 e. The van der Waals surface area contributed by atoms with Crippen LogP contribution in [0.2, 0.25) is 0 Å². The number of piperazine rings is 1. The number of nitrogens with two attached hydrogens (primary N) is 1. The molecule has 0 bridgehead atoms. The van der Waals surface area contributed by atoms with Crippen LogP contribution >= 0.6 is 0 Å². The molecule has 2 saturated heterocycles. The fourth-order valence-corrected chi connectivity index (χ4v) is 3.76. The largest absolute Gasteiger partial charge is 0.365 e. The number of anilines is 1. The van der Waals surface area contributed by atoms with E-state index in [9.17, 15) is 9.59 Å². The Morgan fingerprint density at radius 2 is 1.81 bits per heavy atom. The molecule has 0 aliphatic carbocycles. The van der Waals surface area contributed by atoms with E-state index in [1.54, 1.807) is 18.3 Å². The summed E-state index contributed by atoms with van der Waals surface area (Å²) >= 11 is 0. The van der Waals surface area contributed by atoms with Crippen LogP contribution in [-0.2, 0) is 0 Å². The Bertz CT molecular complexity index is 639. The van der Waals surface area contributed by atoms with Gasteiger partial charge in [0.2, 0.25) is 0 Å². The van der Waals surface area contributed by atoms with Gasteiger partial charge < -0.3 is 25.8 Å². The van der Waals surface area contributed by atoms with Crippen molar-refractivity contribution in [3.8, 4) is 0 Å². The molecule has 148 valence electrons. The summed E-state index contributed by atoms with van der Waals surface area (Å²) in [6, 6.07) is 3.38. The number of primary amides is 1. The number of urea groups is 1. The van der Waals surface area contributed by atoms with Crippen molar-refractivity contribution in [2.24, 2.45) is 5.73 Å². The van der Waals surface area contributed by atoms with Crippen molar-refractivity contribution in [3.05, 3.63) is 23.9 Å². The Morgan fingerprint density at radius 3 is 2.52 bits per heavy atom. The predicted octanol–water partition coefficient (Wildman–Crippen LogP) is 0.888. The molecule has 3 amide bonds. The number of piperidine rings is 1. The molecule has 1 aromatic rings. The number of carbonyl (C=O) groups excluding carboxylic acids is 2. The van der Waals surface area contributed by atoms with Crippen molar-refractivity contribution < 1.29 is 9.59 Å². The summed E-state index contributed by atoms with van der Waals surface area (Å²) in [7, 11) is 0. The minimum Gasteiger partial charge on any atom is -0.365 e. The Labute approximate surface area is 160 Å². The molecule has 0 unspecified atom stereocenters. The molecule has 0 radical (unpaired) electrons. The van der Waals surface area contributed by atoms with Crippen LogP contribution in [0, 0.1) is 0 Å². The van der Waals surface area contributed by atoms with Crippen LogP contribution in [0.3, 0.4) is 0 Å². The van der Waals surface area contributed by atoms with Crippen molar-refractivity contribution >= 4 is 17.8 Å². The van der Waals surface area contributed by atoms with Crippen LogP contribution in [0.5, 0.6) is 0 Å². The first-order valence-electron chi connectivity index (χ1n) is 9.90. The lowest BCUT2D eigenvalue weighted by Crippen LogP contribution is -2.52. The molecule has 0 atom stereocenters. The molecular formula is C19H30N6O2. The minimum atomic E-state index is -0.480. The van der Waals surface area contributed by atoms with Crippen molar-refractivity contribution in [3.63, 3.8) is 0 Å². The highest BCUT2D eigenvalue weighted by molar-refractivity contribution is 5.97. The normalized spacial score (nSPS) is 18.4. The van der Waals surface area contributed by atoms with Gasteiger partial charge in [-0.05, 0) is 51.0 Å². The van der Waals surface area contributed by atoms with Crippen LogP contribution in [0.1, 0.15) is 36.0 Å². The Balaban J connectivity index is 1.39. The highest BCUT2D eigenvalue weighted by Crippen LogP contribution is 2.18. The fraction of sp³-hybridized carbons (Fsp3) is 0.632. The standard InChI is InChI=1S/C19H30N6O2/c20-17(26)16-6-4-7-21-18(16)24-12-14-25(15-13-24)19(27)22-8-5-11-23-9-2-1-3-10-23/h4,6-7H,1-3,5,8-15H2,(H2,20,26)(H,22,27). The maximum absolute atomic E-state index is 12.4. The first-order valence-corrected chi connectivity index (χ1v) is 9.90. The smallest absolute Gasteiger partial charge is 0.317 e. The highest BCUT2D eigenvalue weighted by Gasteiger charge is 2.24. The van der Waals surface area contributed by atoms with Gasteiger partial charge in [0.05, 0.1) is 5.56 Å². The average Bonchev–Trinajstić information content (AvgIpc) is 2.72. The summed E-state index contributed by atoms with van der Waals surface area (Å²) in [6.07, 6.45) is 6.58. The lowest BCUT2D eigenvalue weighted by Gasteiger charge is -2.36. The second-order valence-corrected chi connectivity index (χ2v) is 7.20. The zero-order chi connectivity index (χ0) is 19.1. The van der Waals surface area contributed by atoms with Crippen LogP contribution in [0.4, 0.5) is 10.6 Å². The Morgan fingerprint density at radius 1 is 1.07 bits per heavy atom. The van der Waals surface area contributed by atoms with Crippen molar-refractivity contribution in [1.29, 1.82) is 0 Å². The number of aromatic nitrogens is 1. The van der Waals surface area contributed by atoms with Crippen molar-refractivity contribution in [2.75, 3.05) is 57.3 Å². The summed E-state index contributed by atoms with van der Waals surface area (Å²) in [5, 5.41) is 3.03. The van der Waals surface area contributed by atoms with Crippen molar-refractivity contribution in [2.45, 2.75) is 25.7 Å². The molecule has 8 heteroatoms. The number of likely N-dealkylation sites (tertiary alicyclic amines) is 1. The number of carbonyl (C=O) groups is 2. The van der Waals surface area contributed by atoms with Gasteiger partial charge in [0, 0.05) is 38.9 Å². The predicted molar refractivity (Wildman–Crippen MR) is 105 cm³/mol. The van der Waals surface area contributed by atoms with Crippen LogP contribution in [0.25, 0.3) is 0 Å². The molecule has 3 N–H and O–H groups in total. The Hall–Kier alpha value is -2.35. The van der Waals surface area contributed by atoms with Gasteiger partial charge >= 0.3 is 6.03 Å². The summed E-state index contributed by atoms with van der Waals surface area (Å²) < 4.78 is 0. The zero-order valence-electron chi connectivity index (χ0n) is 15.9. The molecule has 2 fully saturated rings. The van der Waals surface area contributed by atoms with Gasteiger partial charge in [-0.25, -0.2) is 9.78 Å². The lowest BCUT2D eigenvalue weighted by molar-refractivity contribution is 0.1000. The zero-order valence-corrected chi connectivity index (χ0v) is 15.9. The number of nitrogens with one attached hydrogen (secondary N) is 1. The molecule has 0 saturated carbocycles. The number of hydrogen-bond donors (Lipinski definition) is 2. The number of pyridine rings is 1. The van der Waals surface area contributed by atoms with E-state index in [0.29, 0.717) is 44.1 Å². The van der Waals surface area contributed by atoms with E-state index in [4.69, 9.17) is 5.73 Å². The minimum absolute atomic E-state index is 0.00978. The topological polar surface area (TPSA) is 94.8 Å². The summed E-state index contributed by atoms with van der Waals surface area (Å²) in [4.78, 5) is 34.6. The third kappa shape index (κ3) is 5.32. The molecule has 0 aromatic carbocycles. The van der Waals surface area contributed by atoms with E-state index in [1.807, 2.05) is 9.80 Å². The van der Waals surface area contributed by atoms with E-state index in [2.05, 4.69) is 15.2 Å². The Kier molecular flexibility index (Phi) is 6.86. The van der Waals surface area contributed by atoms with Gasteiger partial charge in [-0.15, -0.1) is 0 Å². The molecule has 2 aliphatic heterocycles. The lowest BCUT2D eigenvalue weighted by atomic mass is 10.1. The molecule has 8 nitrogen and oxygen atoms in total. The van der Waals surface area contributed by atoms with E-state index >= 15 is 0 Å². The third-order valence-electron chi connectivity index (χ3n) is 5.29. The summed E-state index contributed by atoms with van der Waals surface area (Å²) in [5.41, 5.74) is 5.86. The molecule has 3 rings (SSSR count). The van der Waals surface area contributed by atoms with Gasteiger partial charge in [-0.2, -0.15) is 0 Å². The fourth-order valence-electron chi connectivity index (χ4n) is 3.76. The SMILES string of the molecule is NC(=O)c1cccnc1N1CCN(C(=O)NCCCN2CCCCC2)CC1. The number of amides is 3. The average molecular weight is 374 g/mol. The monoisotopic (exact) mass is 374 g/mol. The quantitative estimate of drug-likeness (QED) is 0.721. The highest BCUT2D eigenvalue weighted by atomic mass is 16.2. The van der Waals surface area contributed by atoms with Gasteiger partial charge in [0.25, 0.3) is 5.91 Å². The molecule has 1 aromatic heterocycles. The van der Waals surface area contributed by atoms with E-state index in [1.165, 1.54) is 32.4 Å². The molecule has 2 aliphatic rings. The van der Waals surface area contributed by atoms with Crippen LogP contribution in [-0.4, -0.2) is 79.1 Å². The second-order valence-electron chi connectivity index (χ2n) is 7.20.